The SMILES string of the molecule is CN(C)C1CCc2cc(N3CCC(NS(=O)(=O)C=Cc4ccc(Cl)s4)C3=O)ccc21. The number of hydrogen-bond donors (Lipinski definition) is 1. The summed E-state index contributed by atoms with van der Waals surface area (Å²) in [7, 11) is 0.420. The summed E-state index contributed by atoms with van der Waals surface area (Å²) in [6, 6.07) is 9.26. The van der Waals surface area contributed by atoms with Gasteiger partial charge in [0.15, 0.2) is 0 Å². The second kappa shape index (κ2) is 8.43. The number of nitrogens with one attached hydrogen (secondary N) is 1. The van der Waals surface area contributed by atoms with Crippen molar-refractivity contribution in [3.63, 3.8) is 0 Å². The second-order valence-corrected chi connectivity index (χ2v) is 11.2. The number of sulfonamides is 1. The highest BCUT2D eigenvalue weighted by Gasteiger charge is 2.35. The third kappa shape index (κ3) is 4.48. The van der Waals surface area contributed by atoms with Gasteiger partial charge in [0.2, 0.25) is 15.9 Å². The Hall–Kier alpha value is -1.71. The van der Waals surface area contributed by atoms with Gasteiger partial charge in [-0.15, -0.1) is 11.3 Å². The number of carbonyl (C=O) groups is 1. The molecule has 9 heteroatoms. The van der Waals surface area contributed by atoms with E-state index in [1.807, 2.05) is 6.07 Å². The number of anilines is 1. The number of thiophene rings is 1. The van der Waals surface area contributed by atoms with Crippen LogP contribution in [0.2, 0.25) is 4.34 Å². The predicted molar refractivity (Wildman–Crippen MR) is 122 cm³/mol. The van der Waals surface area contributed by atoms with Gasteiger partial charge < -0.3 is 9.80 Å². The molecule has 1 aliphatic carbocycles. The molecule has 0 radical (unpaired) electrons. The number of hydrogen-bond acceptors (Lipinski definition) is 5. The zero-order valence-electron chi connectivity index (χ0n) is 16.8. The van der Waals surface area contributed by atoms with E-state index in [4.69, 9.17) is 11.6 Å². The van der Waals surface area contributed by atoms with E-state index in [-0.39, 0.29) is 5.91 Å². The Kier molecular flexibility index (Phi) is 6.05. The van der Waals surface area contributed by atoms with Gasteiger partial charge in [0.1, 0.15) is 6.04 Å². The van der Waals surface area contributed by atoms with Crippen molar-refractivity contribution in [1.82, 2.24) is 9.62 Å². The van der Waals surface area contributed by atoms with Crippen LogP contribution >= 0.6 is 22.9 Å². The number of carbonyl (C=O) groups excluding carboxylic acids is 1. The Morgan fingerprint density at radius 2 is 2.03 bits per heavy atom. The van der Waals surface area contributed by atoms with Crippen molar-refractivity contribution < 1.29 is 13.2 Å². The standard InChI is InChI=1S/C21H24ClN3O3S2/c1-24(2)19-7-3-14-13-15(4-6-17(14)19)25-11-9-18(21(25)26)23-30(27,28)12-10-16-5-8-20(22)29-16/h4-6,8,10,12-13,18-19,23H,3,7,9,11H2,1-2H3. The van der Waals surface area contributed by atoms with Gasteiger partial charge >= 0.3 is 0 Å². The molecular weight excluding hydrogens is 442 g/mol. The van der Waals surface area contributed by atoms with Crippen molar-refractivity contribution in [2.45, 2.75) is 31.3 Å². The Balaban J connectivity index is 1.45. The number of aryl methyl sites for hydroxylation is 1. The van der Waals surface area contributed by atoms with Crippen LogP contribution < -0.4 is 9.62 Å². The molecule has 1 amide bonds. The average molecular weight is 466 g/mol. The first kappa shape index (κ1) is 21.5. The molecule has 1 N–H and O–H groups in total. The minimum Gasteiger partial charge on any atom is -0.311 e. The van der Waals surface area contributed by atoms with Gasteiger partial charge in [0, 0.05) is 28.6 Å². The van der Waals surface area contributed by atoms with Crippen molar-refractivity contribution in [2.75, 3.05) is 25.5 Å². The smallest absolute Gasteiger partial charge is 0.245 e. The normalized spacial score (nSPS) is 21.9. The zero-order valence-corrected chi connectivity index (χ0v) is 19.2. The van der Waals surface area contributed by atoms with Crippen molar-refractivity contribution in [2.24, 2.45) is 0 Å². The minimum absolute atomic E-state index is 0.215. The summed E-state index contributed by atoms with van der Waals surface area (Å²) in [5.41, 5.74) is 3.41. The number of nitrogens with zero attached hydrogens (tertiary/aromatic N) is 2. The second-order valence-electron chi connectivity index (χ2n) is 7.84. The Morgan fingerprint density at radius 3 is 2.73 bits per heavy atom. The maximum Gasteiger partial charge on any atom is 0.245 e. The summed E-state index contributed by atoms with van der Waals surface area (Å²) in [6.45, 7) is 0.492. The molecule has 2 unspecified atom stereocenters. The molecule has 1 saturated heterocycles. The van der Waals surface area contributed by atoms with Crippen molar-refractivity contribution in [3.8, 4) is 0 Å². The van der Waals surface area contributed by atoms with Crippen LogP contribution in [0.3, 0.4) is 0 Å². The fourth-order valence-electron chi connectivity index (χ4n) is 4.14. The topological polar surface area (TPSA) is 69.7 Å². The molecule has 2 aromatic rings. The predicted octanol–water partition coefficient (Wildman–Crippen LogP) is 3.65. The van der Waals surface area contributed by atoms with Crippen LogP contribution in [0.25, 0.3) is 6.08 Å². The van der Waals surface area contributed by atoms with Crippen LogP contribution in [-0.2, 0) is 21.2 Å². The monoisotopic (exact) mass is 465 g/mol. The van der Waals surface area contributed by atoms with Gasteiger partial charge in [-0.05, 0) is 74.8 Å². The fourth-order valence-corrected chi connectivity index (χ4v) is 6.21. The summed E-state index contributed by atoms with van der Waals surface area (Å²) in [6.07, 6.45) is 3.98. The van der Waals surface area contributed by atoms with Gasteiger partial charge in [-0.1, -0.05) is 17.7 Å². The van der Waals surface area contributed by atoms with E-state index < -0.39 is 16.1 Å². The van der Waals surface area contributed by atoms with Gasteiger partial charge in [0.05, 0.1) is 4.34 Å². The summed E-state index contributed by atoms with van der Waals surface area (Å²) >= 11 is 7.16. The van der Waals surface area contributed by atoms with E-state index in [2.05, 4.69) is 35.9 Å². The van der Waals surface area contributed by atoms with E-state index in [9.17, 15) is 13.2 Å². The third-order valence-corrected chi connectivity index (χ3v) is 7.93. The van der Waals surface area contributed by atoms with Crippen LogP contribution in [0.15, 0.2) is 35.7 Å². The van der Waals surface area contributed by atoms with E-state index in [1.165, 1.54) is 28.5 Å². The third-order valence-electron chi connectivity index (χ3n) is 5.63. The van der Waals surface area contributed by atoms with E-state index >= 15 is 0 Å². The highest BCUT2D eigenvalue weighted by atomic mass is 35.5. The zero-order chi connectivity index (χ0) is 21.5. The first-order valence-corrected chi connectivity index (χ1v) is 12.5. The van der Waals surface area contributed by atoms with Crippen LogP contribution in [0.1, 0.15) is 34.9 Å². The molecule has 4 rings (SSSR count). The molecule has 30 heavy (non-hydrogen) atoms. The number of rotatable bonds is 6. The van der Waals surface area contributed by atoms with Crippen LogP contribution in [0.4, 0.5) is 5.69 Å². The summed E-state index contributed by atoms with van der Waals surface area (Å²) in [5.74, 6) is -0.215. The fraction of sp³-hybridized carbons (Fsp3) is 0.381. The van der Waals surface area contributed by atoms with E-state index in [0.29, 0.717) is 23.3 Å². The average Bonchev–Trinajstić information content (AvgIpc) is 3.39. The first-order valence-electron chi connectivity index (χ1n) is 9.80. The molecule has 6 nitrogen and oxygen atoms in total. The molecular formula is C21H24ClN3O3S2. The van der Waals surface area contributed by atoms with Gasteiger partial charge in [-0.3, -0.25) is 4.79 Å². The molecule has 2 atom stereocenters. The van der Waals surface area contributed by atoms with E-state index in [1.54, 1.807) is 17.0 Å². The molecule has 0 bridgehead atoms. The molecule has 0 saturated carbocycles. The maximum atomic E-state index is 12.9. The molecule has 0 spiro atoms. The largest absolute Gasteiger partial charge is 0.311 e. The van der Waals surface area contributed by atoms with Gasteiger partial charge in [0.25, 0.3) is 0 Å². The lowest BCUT2D eigenvalue weighted by Gasteiger charge is -2.21. The van der Waals surface area contributed by atoms with Crippen LogP contribution in [0.5, 0.6) is 0 Å². The molecule has 1 aromatic heterocycles. The summed E-state index contributed by atoms with van der Waals surface area (Å²) < 4.78 is 27.9. The number of benzene rings is 1. The van der Waals surface area contributed by atoms with Crippen molar-refractivity contribution in [1.29, 1.82) is 0 Å². The van der Waals surface area contributed by atoms with Crippen LogP contribution in [-0.4, -0.2) is 45.9 Å². The van der Waals surface area contributed by atoms with Crippen LogP contribution in [0, 0.1) is 0 Å². The number of amides is 1. The molecule has 160 valence electrons. The van der Waals surface area contributed by atoms with Gasteiger partial charge in [-0.25, -0.2) is 8.42 Å². The lowest BCUT2D eigenvalue weighted by atomic mass is 10.1. The highest BCUT2D eigenvalue weighted by Crippen LogP contribution is 2.37. The number of fused-ring (bicyclic) bond motifs is 1. The molecule has 1 aromatic carbocycles. The van der Waals surface area contributed by atoms with Crippen molar-refractivity contribution >= 4 is 50.6 Å². The first-order chi connectivity index (χ1) is 14.2. The summed E-state index contributed by atoms with van der Waals surface area (Å²) in [4.78, 5) is 17.5. The molecule has 2 heterocycles. The van der Waals surface area contributed by atoms with Gasteiger partial charge in [-0.2, -0.15) is 4.72 Å². The Labute approximate surface area is 186 Å². The number of halogens is 1. The lowest BCUT2D eigenvalue weighted by molar-refractivity contribution is -0.118. The molecule has 1 aliphatic heterocycles. The molecule has 1 fully saturated rings. The Morgan fingerprint density at radius 1 is 1.23 bits per heavy atom. The van der Waals surface area contributed by atoms with Crippen molar-refractivity contribution in [3.05, 3.63) is 56.1 Å². The highest BCUT2D eigenvalue weighted by molar-refractivity contribution is 7.92. The maximum absolute atomic E-state index is 12.9. The summed E-state index contributed by atoms with van der Waals surface area (Å²) in [5, 5.41) is 1.09. The Bertz CT molecular complexity index is 1090. The quantitative estimate of drug-likeness (QED) is 0.707. The lowest BCUT2D eigenvalue weighted by Crippen LogP contribution is -2.40. The minimum atomic E-state index is -3.74. The molecule has 2 aliphatic rings. The van der Waals surface area contributed by atoms with E-state index in [0.717, 1.165) is 28.8 Å².